The van der Waals surface area contributed by atoms with Gasteiger partial charge in [0.15, 0.2) is 0 Å². The number of benzene rings is 2. The highest BCUT2D eigenvalue weighted by Gasteiger charge is 2.08. The molecule has 0 N–H and O–H groups in total. The van der Waals surface area contributed by atoms with Crippen LogP contribution in [-0.2, 0) is 4.79 Å². The van der Waals surface area contributed by atoms with E-state index in [-0.39, 0.29) is 5.82 Å². The summed E-state index contributed by atoms with van der Waals surface area (Å²) in [4.78, 5) is 10.5. The van der Waals surface area contributed by atoms with Gasteiger partial charge in [0, 0.05) is 10.6 Å². The number of rotatable bonds is 3. The van der Waals surface area contributed by atoms with Crippen molar-refractivity contribution in [2.24, 2.45) is 0 Å². The quantitative estimate of drug-likeness (QED) is 0.587. The average Bonchev–Trinajstić information content (AvgIpc) is 2.40. The van der Waals surface area contributed by atoms with Gasteiger partial charge >= 0.3 is 0 Å². The van der Waals surface area contributed by atoms with E-state index in [9.17, 15) is 9.18 Å². The number of aryl methyl sites for hydroxylation is 1. The molecule has 2 aromatic rings. The van der Waals surface area contributed by atoms with Crippen LogP contribution in [0.1, 0.15) is 11.1 Å². The van der Waals surface area contributed by atoms with E-state index in [4.69, 9.17) is 11.6 Å². The first kappa shape index (κ1) is 13.5. The van der Waals surface area contributed by atoms with Crippen LogP contribution >= 0.6 is 11.6 Å². The molecule has 0 saturated carbocycles. The van der Waals surface area contributed by atoms with Gasteiger partial charge in [-0.3, -0.25) is 4.79 Å². The van der Waals surface area contributed by atoms with Crippen LogP contribution in [0.25, 0.3) is 17.2 Å². The summed E-state index contributed by atoms with van der Waals surface area (Å²) in [5.74, 6) is -0.240. The standard InChI is InChI=1S/C16H12ClFO/c1-11-10-12(7-8-16(11)18)13-4-2-6-15(17)14(13)5-3-9-19/h2-10H,1H3/b5-3+. The van der Waals surface area contributed by atoms with Crippen molar-refractivity contribution < 1.29 is 9.18 Å². The molecule has 2 rings (SSSR count). The minimum atomic E-state index is -0.240. The highest BCUT2D eigenvalue weighted by Crippen LogP contribution is 2.31. The molecule has 0 fully saturated rings. The van der Waals surface area contributed by atoms with Gasteiger partial charge in [-0.2, -0.15) is 0 Å². The lowest BCUT2D eigenvalue weighted by Crippen LogP contribution is -1.88. The monoisotopic (exact) mass is 274 g/mol. The number of hydrogen-bond donors (Lipinski definition) is 0. The molecule has 0 aliphatic carbocycles. The van der Waals surface area contributed by atoms with Gasteiger partial charge in [-0.1, -0.05) is 29.8 Å². The highest BCUT2D eigenvalue weighted by atomic mass is 35.5. The molecule has 0 heterocycles. The summed E-state index contributed by atoms with van der Waals surface area (Å²) in [5.41, 5.74) is 3.06. The Kier molecular flexibility index (Phi) is 4.13. The van der Waals surface area contributed by atoms with Crippen LogP contribution in [0.15, 0.2) is 42.5 Å². The molecule has 19 heavy (non-hydrogen) atoms. The molecule has 0 saturated heterocycles. The summed E-state index contributed by atoms with van der Waals surface area (Å²) in [7, 11) is 0. The molecule has 0 aliphatic heterocycles. The summed E-state index contributed by atoms with van der Waals surface area (Å²) < 4.78 is 13.3. The Morgan fingerprint density at radius 1 is 1.21 bits per heavy atom. The van der Waals surface area contributed by atoms with E-state index < -0.39 is 0 Å². The fourth-order valence-electron chi connectivity index (χ4n) is 1.91. The number of hydrogen-bond acceptors (Lipinski definition) is 1. The first-order chi connectivity index (χ1) is 9.13. The number of carbonyl (C=O) groups excluding carboxylic acids is 1. The normalized spacial score (nSPS) is 10.9. The first-order valence-electron chi connectivity index (χ1n) is 5.80. The zero-order chi connectivity index (χ0) is 13.8. The van der Waals surface area contributed by atoms with Crippen LogP contribution < -0.4 is 0 Å². The van der Waals surface area contributed by atoms with Crippen LogP contribution in [0.5, 0.6) is 0 Å². The van der Waals surface area contributed by atoms with Crippen molar-refractivity contribution in [3.8, 4) is 11.1 Å². The summed E-state index contributed by atoms with van der Waals surface area (Å²) in [6.07, 6.45) is 3.74. The molecule has 0 unspecified atom stereocenters. The Hall–Kier alpha value is -1.93. The predicted molar refractivity (Wildman–Crippen MR) is 76.7 cm³/mol. The van der Waals surface area contributed by atoms with Crippen molar-refractivity contribution in [2.45, 2.75) is 6.92 Å². The van der Waals surface area contributed by atoms with E-state index >= 15 is 0 Å². The van der Waals surface area contributed by atoms with E-state index in [1.807, 2.05) is 12.1 Å². The largest absolute Gasteiger partial charge is 0.299 e. The lowest BCUT2D eigenvalue weighted by atomic mass is 9.98. The van der Waals surface area contributed by atoms with Crippen LogP contribution in [0.3, 0.4) is 0 Å². The molecule has 2 aromatic carbocycles. The SMILES string of the molecule is Cc1cc(-c2cccc(Cl)c2/C=C/C=O)ccc1F. The zero-order valence-electron chi connectivity index (χ0n) is 10.4. The summed E-state index contributed by atoms with van der Waals surface area (Å²) >= 11 is 6.14. The summed E-state index contributed by atoms with van der Waals surface area (Å²) in [5, 5.41) is 0.553. The second-order valence-corrected chi connectivity index (χ2v) is 4.57. The number of allylic oxidation sites excluding steroid dienone is 1. The van der Waals surface area contributed by atoms with Crippen LogP contribution in [-0.4, -0.2) is 6.29 Å². The zero-order valence-corrected chi connectivity index (χ0v) is 11.1. The third-order valence-corrected chi connectivity index (χ3v) is 3.19. The predicted octanol–water partition coefficient (Wildman–Crippen LogP) is 4.67. The van der Waals surface area contributed by atoms with E-state index in [1.54, 1.807) is 31.2 Å². The lowest BCUT2D eigenvalue weighted by Gasteiger charge is -2.09. The van der Waals surface area contributed by atoms with Crippen molar-refractivity contribution in [3.05, 3.63) is 64.4 Å². The highest BCUT2D eigenvalue weighted by molar-refractivity contribution is 6.32. The molecular weight excluding hydrogens is 263 g/mol. The van der Waals surface area contributed by atoms with Gasteiger partial charge < -0.3 is 0 Å². The number of aldehydes is 1. The molecule has 0 aromatic heterocycles. The van der Waals surface area contributed by atoms with E-state index in [0.29, 0.717) is 16.9 Å². The lowest BCUT2D eigenvalue weighted by molar-refractivity contribution is -0.104. The van der Waals surface area contributed by atoms with Gasteiger partial charge in [0.05, 0.1) is 0 Å². The molecule has 0 bridgehead atoms. The minimum absolute atomic E-state index is 0.240. The van der Waals surface area contributed by atoms with Crippen LogP contribution in [0, 0.1) is 12.7 Å². The van der Waals surface area contributed by atoms with Gasteiger partial charge in [-0.25, -0.2) is 4.39 Å². The maximum atomic E-state index is 13.3. The molecule has 0 aliphatic rings. The van der Waals surface area contributed by atoms with Gasteiger partial charge in [0.25, 0.3) is 0 Å². The minimum Gasteiger partial charge on any atom is -0.299 e. The molecule has 0 radical (unpaired) electrons. The molecule has 0 amide bonds. The Bertz CT molecular complexity index is 647. The van der Waals surface area contributed by atoms with E-state index in [2.05, 4.69) is 0 Å². The van der Waals surface area contributed by atoms with Crippen LogP contribution in [0.4, 0.5) is 4.39 Å². The van der Waals surface area contributed by atoms with Crippen molar-refractivity contribution in [2.75, 3.05) is 0 Å². The fraction of sp³-hybridized carbons (Fsp3) is 0.0625. The van der Waals surface area contributed by atoms with Crippen molar-refractivity contribution in [1.29, 1.82) is 0 Å². The van der Waals surface area contributed by atoms with Crippen molar-refractivity contribution >= 4 is 24.0 Å². The summed E-state index contributed by atoms with van der Waals surface area (Å²) in [6, 6.07) is 10.4. The van der Waals surface area contributed by atoms with E-state index in [1.165, 1.54) is 12.1 Å². The third kappa shape index (κ3) is 2.91. The molecule has 96 valence electrons. The maximum absolute atomic E-state index is 13.3. The third-order valence-electron chi connectivity index (χ3n) is 2.86. The second-order valence-electron chi connectivity index (χ2n) is 4.16. The summed E-state index contributed by atoms with van der Waals surface area (Å²) in [6.45, 7) is 1.71. The molecule has 3 heteroatoms. The van der Waals surface area contributed by atoms with E-state index in [0.717, 1.165) is 16.7 Å². The molecule has 0 atom stereocenters. The molecule has 0 spiro atoms. The van der Waals surface area contributed by atoms with Gasteiger partial charge in [-0.15, -0.1) is 0 Å². The average molecular weight is 275 g/mol. The Balaban J connectivity index is 2.61. The van der Waals surface area contributed by atoms with Gasteiger partial charge in [-0.05, 0) is 54.0 Å². The van der Waals surface area contributed by atoms with Crippen molar-refractivity contribution in [1.82, 2.24) is 0 Å². The Labute approximate surface area is 116 Å². The second kappa shape index (κ2) is 5.81. The number of carbonyl (C=O) groups is 1. The molecule has 1 nitrogen and oxygen atoms in total. The Morgan fingerprint density at radius 3 is 2.68 bits per heavy atom. The topological polar surface area (TPSA) is 17.1 Å². The first-order valence-corrected chi connectivity index (χ1v) is 6.18. The fourth-order valence-corrected chi connectivity index (χ4v) is 2.14. The van der Waals surface area contributed by atoms with Gasteiger partial charge in [0.1, 0.15) is 12.1 Å². The van der Waals surface area contributed by atoms with Gasteiger partial charge in [0.2, 0.25) is 0 Å². The molecular formula is C16H12ClFO. The number of halogens is 2. The Morgan fingerprint density at radius 2 is 2.00 bits per heavy atom. The van der Waals surface area contributed by atoms with Crippen molar-refractivity contribution in [3.63, 3.8) is 0 Å². The smallest absolute Gasteiger partial charge is 0.142 e. The maximum Gasteiger partial charge on any atom is 0.142 e. The van der Waals surface area contributed by atoms with Crippen LogP contribution in [0.2, 0.25) is 5.02 Å².